The number of nitrogens with one attached hydrogen (secondary N) is 2. The Kier molecular flexibility index (Phi) is 4.15. The average molecular weight is 276 g/mol. The van der Waals surface area contributed by atoms with Crippen molar-refractivity contribution in [2.45, 2.75) is 0 Å². The molecule has 2 aromatic rings. The van der Waals surface area contributed by atoms with E-state index in [0.717, 1.165) is 11.3 Å². The van der Waals surface area contributed by atoms with Gasteiger partial charge in [-0.1, -0.05) is 18.2 Å². The van der Waals surface area contributed by atoms with Gasteiger partial charge in [0.25, 0.3) is 0 Å². The highest BCUT2D eigenvalue weighted by Gasteiger charge is 2.10. The number of anilines is 2. The Morgan fingerprint density at radius 1 is 1.05 bits per heavy atom. The normalized spacial score (nSPS) is 9.74. The first-order valence-electron chi connectivity index (χ1n) is 5.50. The molecule has 1 heterocycles. The first-order valence-corrected chi connectivity index (χ1v) is 6.32. The van der Waals surface area contributed by atoms with E-state index in [1.54, 1.807) is 24.3 Å². The van der Waals surface area contributed by atoms with Crippen molar-refractivity contribution in [3.05, 3.63) is 47.3 Å². The third kappa shape index (κ3) is 3.56. The SMILES string of the molecule is COC(=O)c1ccc(NC(=O)Nc2ccccc2)s1. The van der Waals surface area contributed by atoms with E-state index in [4.69, 9.17) is 0 Å². The number of methoxy groups -OCH3 is 1. The maximum Gasteiger partial charge on any atom is 0.348 e. The van der Waals surface area contributed by atoms with Gasteiger partial charge in [0.15, 0.2) is 0 Å². The topological polar surface area (TPSA) is 67.4 Å². The van der Waals surface area contributed by atoms with Gasteiger partial charge in [-0.3, -0.25) is 5.32 Å². The summed E-state index contributed by atoms with van der Waals surface area (Å²) >= 11 is 1.16. The van der Waals surface area contributed by atoms with Crippen LogP contribution in [0.4, 0.5) is 15.5 Å². The zero-order chi connectivity index (χ0) is 13.7. The van der Waals surface area contributed by atoms with Crippen molar-refractivity contribution >= 4 is 34.0 Å². The van der Waals surface area contributed by atoms with E-state index in [2.05, 4.69) is 15.4 Å². The van der Waals surface area contributed by atoms with Crippen molar-refractivity contribution in [3.63, 3.8) is 0 Å². The summed E-state index contributed by atoms with van der Waals surface area (Å²) in [6.45, 7) is 0. The summed E-state index contributed by atoms with van der Waals surface area (Å²) in [4.78, 5) is 23.4. The Hall–Kier alpha value is -2.34. The minimum Gasteiger partial charge on any atom is -0.465 e. The molecule has 0 saturated heterocycles. The molecule has 0 spiro atoms. The number of benzene rings is 1. The number of thiophene rings is 1. The van der Waals surface area contributed by atoms with Crippen LogP contribution in [0.5, 0.6) is 0 Å². The van der Waals surface area contributed by atoms with Gasteiger partial charge in [0.1, 0.15) is 4.88 Å². The standard InChI is InChI=1S/C13H12N2O3S/c1-18-12(16)10-7-8-11(19-10)15-13(17)14-9-5-3-2-4-6-9/h2-8H,1H3,(H2,14,15,17). The molecule has 2 rings (SSSR count). The lowest BCUT2D eigenvalue weighted by Crippen LogP contribution is -2.18. The average Bonchev–Trinajstić information content (AvgIpc) is 2.87. The summed E-state index contributed by atoms with van der Waals surface area (Å²) in [6, 6.07) is 12.0. The number of carbonyl (C=O) groups is 2. The molecule has 0 unspecified atom stereocenters. The van der Waals surface area contributed by atoms with Crippen LogP contribution in [0.15, 0.2) is 42.5 Å². The largest absolute Gasteiger partial charge is 0.465 e. The molecule has 0 bridgehead atoms. The summed E-state index contributed by atoms with van der Waals surface area (Å²) < 4.78 is 4.59. The maximum atomic E-state index is 11.7. The molecular weight excluding hydrogens is 264 g/mol. The van der Waals surface area contributed by atoms with Crippen LogP contribution in [0, 0.1) is 0 Å². The molecule has 2 amide bonds. The van der Waals surface area contributed by atoms with E-state index in [0.29, 0.717) is 15.6 Å². The molecule has 0 radical (unpaired) electrons. The highest BCUT2D eigenvalue weighted by Crippen LogP contribution is 2.22. The number of esters is 1. The van der Waals surface area contributed by atoms with E-state index in [-0.39, 0.29) is 6.03 Å². The van der Waals surface area contributed by atoms with Crippen LogP contribution in [0.1, 0.15) is 9.67 Å². The first-order chi connectivity index (χ1) is 9.19. The molecule has 2 N–H and O–H groups in total. The van der Waals surface area contributed by atoms with Crippen LogP contribution in [0.2, 0.25) is 0 Å². The Morgan fingerprint density at radius 3 is 2.47 bits per heavy atom. The molecule has 1 aromatic heterocycles. The number of rotatable bonds is 3. The van der Waals surface area contributed by atoms with Crippen LogP contribution < -0.4 is 10.6 Å². The minimum absolute atomic E-state index is 0.357. The van der Waals surface area contributed by atoms with Gasteiger partial charge in [-0.2, -0.15) is 0 Å². The Balaban J connectivity index is 1.96. The number of hydrogen-bond donors (Lipinski definition) is 2. The minimum atomic E-state index is -0.415. The number of hydrogen-bond acceptors (Lipinski definition) is 4. The highest BCUT2D eigenvalue weighted by atomic mass is 32.1. The third-order valence-corrected chi connectivity index (χ3v) is 3.24. The van der Waals surface area contributed by atoms with Crippen molar-refractivity contribution in [2.75, 3.05) is 17.7 Å². The van der Waals surface area contributed by atoms with Crippen molar-refractivity contribution in [1.29, 1.82) is 0 Å². The van der Waals surface area contributed by atoms with Gasteiger partial charge in [-0.15, -0.1) is 11.3 Å². The fourth-order valence-electron chi connectivity index (χ4n) is 1.41. The van der Waals surface area contributed by atoms with Crippen LogP contribution in [0.25, 0.3) is 0 Å². The molecule has 0 fully saturated rings. The van der Waals surface area contributed by atoms with Gasteiger partial charge < -0.3 is 10.1 Å². The molecule has 0 atom stereocenters. The summed E-state index contributed by atoms with van der Waals surface area (Å²) in [5.74, 6) is -0.415. The van der Waals surface area contributed by atoms with Crippen LogP contribution >= 0.6 is 11.3 Å². The molecule has 98 valence electrons. The molecule has 1 aromatic carbocycles. The smallest absolute Gasteiger partial charge is 0.348 e. The van der Waals surface area contributed by atoms with Gasteiger partial charge in [-0.25, -0.2) is 9.59 Å². The molecule has 19 heavy (non-hydrogen) atoms. The van der Waals surface area contributed by atoms with Crippen molar-refractivity contribution in [3.8, 4) is 0 Å². The van der Waals surface area contributed by atoms with E-state index in [1.807, 2.05) is 18.2 Å². The maximum absolute atomic E-state index is 11.7. The van der Waals surface area contributed by atoms with Gasteiger partial charge in [0.2, 0.25) is 0 Å². The molecular formula is C13H12N2O3S. The van der Waals surface area contributed by atoms with Crippen LogP contribution in [-0.2, 0) is 4.74 Å². The summed E-state index contributed by atoms with van der Waals surface area (Å²) in [7, 11) is 1.32. The number of ether oxygens (including phenoxy) is 1. The zero-order valence-electron chi connectivity index (χ0n) is 10.2. The van der Waals surface area contributed by atoms with E-state index < -0.39 is 5.97 Å². The molecule has 0 aliphatic rings. The van der Waals surface area contributed by atoms with Gasteiger partial charge >= 0.3 is 12.0 Å². The first kappa shape index (κ1) is 13.1. The van der Waals surface area contributed by atoms with E-state index in [1.165, 1.54) is 7.11 Å². The predicted molar refractivity (Wildman–Crippen MR) is 74.7 cm³/mol. The monoisotopic (exact) mass is 276 g/mol. The zero-order valence-corrected chi connectivity index (χ0v) is 11.0. The Bertz CT molecular complexity index is 581. The Morgan fingerprint density at radius 2 is 1.79 bits per heavy atom. The predicted octanol–water partition coefficient (Wildman–Crippen LogP) is 3.18. The van der Waals surface area contributed by atoms with E-state index >= 15 is 0 Å². The van der Waals surface area contributed by atoms with Crippen LogP contribution in [0.3, 0.4) is 0 Å². The second-order valence-corrected chi connectivity index (χ2v) is 4.68. The molecule has 5 nitrogen and oxygen atoms in total. The lowest BCUT2D eigenvalue weighted by molar-refractivity contribution is 0.0606. The molecule has 0 saturated carbocycles. The van der Waals surface area contributed by atoms with Crippen molar-refractivity contribution in [1.82, 2.24) is 0 Å². The van der Waals surface area contributed by atoms with Gasteiger partial charge in [0, 0.05) is 5.69 Å². The number of para-hydroxylation sites is 1. The summed E-state index contributed by atoms with van der Waals surface area (Å²) in [6.07, 6.45) is 0. The Labute approximate surface area is 114 Å². The van der Waals surface area contributed by atoms with Gasteiger partial charge in [0.05, 0.1) is 12.1 Å². The summed E-state index contributed by atoms with van der Waals surface area (Å²) in [5.41, 5.74) is 0.699. The highest BCUT2D eigenvalue weighted by molar-refractivity contribution is 7.18. The van der Waals surface area contributed by atoms with Gasteiger partial charge in [-0.05, 0) is 24.3 Å². The second-order valence-electron chi connectivity index (χ2n) is 3.60. The lowest BCUT2D eigenvalue weighted by atomic mass is 10.3. The number of urea groups is 1. The number of amides is 2. The van der Waals surface area contributed by atoms with Crippen molar-refractivity contribution in [2.24, 2.45) is 0 Å². The fourth-order valence-corrected chi connectivity index (χ4v) is 2.23. The lowest BCUT2D eigenvalue weighted by Gasteiger charge is -2.05. The van der Waals surface area contributed by atoms with Crippen molar-refractivity contribution < 1.29 is 14.3 Å². The molecule has 6 heteroatoms. The fraction of sp³-hybridized carbons (Fsp3) is 0.0769. The van der Waals surface area contributed by atoms with E-state index in [9.17, 15) is 9.59 Å². The van der Waals surface area contributed by atoms with Crippen LogP contribution in [-0.4, -0.2) is 19.1 Å². The summed E-state index contributed by atoms with van der Waals surface area (Å²) in [5, 5.41) is 5.91. The number of carbonyl (C=O) groups excluding carboxylic acids is 2. The second kappa shape index (κ2) is 6.01. The third-order valence-electron chi connectivity index (χ3n) is 2.26. The molecule has 0 aliphatic heterocycles. The quantitative estimate of drug-likeness (QED) is 0.846. The molecule has 0 aliphatic carbocycles.